The Morgan fingerprint density at radius 3 is 3.00 bits per heavy atom. The van der Waals surface area contributed by atoms with Crippen molar-refractivity contribution in [2.45, 2.75) is 6.54 Å². The molecule has 0 saturated carbocycles. The number of carbonyl (C=O) groups excluding carboxylic acids is 1. The molecule has 0 aliphatic rings. The first-order valence-electron chi connectivity index (χ1n) is 3.93. The normalized spacial score (nSPS) is 9.60. The molecule has 8 heteroatoms. The van der Waals surface area contributed by atoms with Gasteiger partial charge in [0.05, 0.1) is 17.7 Å². The minimum Gasteiger partial charge on any atom is -0.479 e. The van der Waals surface area contributed by atoms with Crippen molar-refractivity contribution in [3.63, 3.8) is 0 Å². The third-order valence-corrected chi connectivity index (χ3v) is 1.91. The maximum Gasteiger partial charge on any atom is 0.339 e. The summed E-state index contributed by atoms with van der Waals surface area (Å²) in [7, 11) is 0. The van der Waals surface area contributed by atoms with Crippen LogP contribution in [0.25, 0.3) is 0 Å². The zero-order valence-corrected chi connectivity index (χ0v) is 8.41. The molecule has 0 aromatic carbocycles. The number of hydrogen-bond acceptors (Lipinski definition) is 5. The standard InChI is InChI=1S/C7H9N3O4S/c11-6(12)2-14-10-7(13)8-1-5-3-15-4-9-5/h3-4H,1-2H2,(H,11,12)(H2,8,10,13). The van der Waals surface area contributed by atoms with Gasteiger partial charge >= 0.3 is 12.0 Å². The highest BCUT2D eigenvalue weighted by atomic mass is 32.1. The molecule has 1 aromatic heterocycles. The number of carboxylic acids is 1. The summed E-state index contributed by atoms with van der Waals surface area (Å²) in [5.41, 5.74) is 4.30. The Morgan fingerprint density at radius 2 is 2.40 bits per heavy atom. The summed E-state index contributed by atoms with van der Waals surface area (Å²) in [6, 6.07) is -0.607. The zero-order chi connectivity index (χ0) is 11.1. The Labute approximate surface area is 89.0 Å². The number of hydroxylamine groups is 1. The summed E-state index contributed by atoms with van der Waals surface area (Å²) in [4.78, 5) is 29.3. The van der Waals surface area contributed by atoms with Crippen molar-refractivity contribution in [2.75, 3.05) is 6.61 Å². The van der Waals surface area contributed by atoms with Crippen LogP contribution in [0.1, 0.15) is 5.69 Å². The van der Waals surface area contributed by atoms with E-state index in [1.807, 2.05) is 5.48 Å². The number of carboxylic acid groups (broad SMARTS) is 1. The van der Waals surface area contributed by atoms with Crippen LogP contribution in [0, 0.1) is 0 Å². The third kappa shape index (κ3) is 4.93. The van der Waals surface area contributed by atoms with Crippen LogP contribution in [0.3, 0.4) is 0 Å². The van der Waals surface area contributed by atoms with Gasteiger partial charge in [-0.3, -0.25) is 4.84 Å². The van der Waals surface area contributed by atoms with Crippen molar-refractivity contribution >= 4 is 23.3 Å². The number of rotatable bonds is 5. The average Bonchev–Trinajstić information content (AvgIpc) is 2.66. The molecular weight excluding hydrogens is 222 g/mol. The lowest BCUT2D eigenvalue weighted by Crippen LogP contribution is -2.36. The number of aromatic nitrogens is 1. The van der Waals surface area contributed by atoms with Gasteiger partial charge in [-0.1, -0.05) is 0 Å². The van der Waals surface area contributed by atoms with Gasteiger partial charge in [-0.05, 0) is 0 Å². The first-order chi connectivity index (χ1) is 7.18. The first kappa shape index (κ1) is 11.4. The molecule has 0 bridgehead atoms. The molecule has 0 saturated heterocycles. The predicted octanol–water partition coefficient (Wildman–Crippen LogP) is -0.0415. The number of carbonyl (C=O) groups is 2. The fourth-order valence-electron chi connectivity index (χ4n) is 0.695. The molecule has 0 fully saturated rings. The molecule has 82 valence electrons. The molecule has 0 aliphatic heterocycles. The van der Waals surface area contributed by atoms with E-state index in [2.05, 4.69) is 15.1 Å². The van der Waals surface area contributed by atoms with Gasteiger partial charge in [0.25, 0.3) is 0 Å². The molecule has 0 aliphatic carbocycles. The Kier molecular flexibility index (Phi) is 4.51. The van der Waals surface area contributed by atoms with Crippen molar-refractivity contribution < 1.29 is 19.5 Å². The van der Waals surface area contributed by atoms with Crippen LogP contribution < -0.4 is 10.8 Å². The molecule has 0 unspecified atom stereocenters. The summed E-state index contributed by atoms with van der Waals surface area (Å²) >= 11 is 1.42. The molecule has 1 heterocycles. The van der Waals surface area contributed by atoms with E-state index in [0.717, 1.165) is 5.69 Å². The Morgan fingerprint density at radius 1 is 1.60 bits per heavy atom. The molecule has 3 N–H and O–H groups in total. The van der Waals surface area contributed by atoms with Crippen LogP contribution in [0.5, 0.6) is 0 Å². The van der Waals surface area contributed by atoms with Gasteiger partial charge < -0.3 is 10.4 Å². The number of amides is 2. The van der Waals surface area contributed by atoms with E-state index in [0.29, 0.717) is 0 Å². The number of nitrogens with one attached hydrogen (secondary N) is 2. The predicted molar refractivity (Wildman–Crippen MR) is 51.1 cm³/mol. The molecule has 15 heavy (non-hydrogen) atoms. The Bertz CT molecular complexity index is 327. The zero-order valence-electron chi connectivity index (χ0n) is 7.60. The van der Waals surface area contributed by atoms with Crippen LogP contribution in [-0.4, -0.2) is 28.7 Å². The largest absolute Gasteiger partial charge is 0.479 e. The number of nitrogens with zero attached hydrogens (tertiary/aromatic N) is 1. The van der Waals surface area contributed by atoms with Gasteiger partial charge in [0.2, 0.25) is 0 Å². The van der Waals surface area contributed by atoms with Crippen molar-refractivity contribution in [1.82, 2.24) is 15.8 Å². The quantitative estimate of drug-likeness (QED) is 0.617. The topological polar surface area (TPSA) is 101 Å². The van der Waals surface area contributed by atoms with E-state index in [9.17, 15) is 9.59 Å². The minimum atomic E-state index is -1.16. The molecule has 2 amide bonds. The van der Waals surface area contributed by atoms with Gasteiger partial charge in [0, 0.05) is 5.38 Å². The van der Waals surface area contributed by atoms with Crippen molar-refractivity contribution in [3.8, 4) is 0 Å². The van der Waals surface area contributed by atoms with E-state index in [1.165, 1.54) is 11.3 Å². The smallest absolute Gasteiger partial charge is 0.339 e. The van der Waals surface area contributed by atoms with Gasteiger partial charge in [0.1, 0.15) is 0 Å². The molecule has 1 aromatic rings. The molecule has 0 radical (unpaired) electrons. The average molecular weight is 231 g/mol. The first-order valence-corrected chi connectivity index (χ1v) is 4.87. The summed E-state index contributed by atoms with van der Waals surface area (Å²) in [6.45, 7) is -0.310. The lowest BCUT2D eigenvalue weighted by Gasteiger charge is -2.04. The summed E-state index contributed by atoms with van der Waals surface area (Å²) in [5, 5.41) is 12.4. The van der Waals surface area contributed by atoms with Crippen molar-refractivity contribution in [1.29, 1.82) is 0 Å². The highest BCUT2D eigenvalue weighted by Crippen LogP contribution is 1.99. The molecular formula is C7H9N3O4S. The van der Waals surface area contributed by atoms with E-state index in [-0.39, 0.29) is 6.54 Å². The summed E-state index contributed by atoms with van der Waals surface area (Å²) < 4.78 is 0. The van der Waals surface area contributed by atoms with E-state index in [1.54, 1.807) is 10.9 Å². The lowest BCUT2D eigenvalue weighted by atomic mass is 10.5. The number of urea groups is 1. The van der Waals surface area contributed by atoms with E-state index in [4.69, 9.17) is 5.11 Å². The van der Waals surface area contributed by atoms with E-state index >= 15 is 0 Å². The fourth-order valence-corrected chi connectivity index (χ4v) is 1.25. The molecule has 7 nitrogen and oxygen atoms in total. The molecule has 1 rings (SSSR count). The number of aliphatic carboxylic acids is 1. The SMILES string of the molecule is O=C(O)CONC(=O)NCc1cscn1. The highest BCUT2D eigenvalue weighted by molar-refractivity contribution is 7.07. The van der Waals surface area contributed by atoms with Gasteiger partial charge in [0.15, 0.2) is 6.61 Å². The van der Waals surface area contributed by atoms with Crippen LogP contribution >= 0.6 is 11.3 Å². The van der Waals surface area contributed by atoms with Gasteiger partial charge in [-0.2, -0.15) is 0 Å². The second kappa shape index (κ2) is 5.94. The molecule has 0 atom stereocenters. The Hall–Kier alpha value is -1.67. The molecule has 0 spiro atoms. The Balaban J connectivity index is 2.11. The summed E-state index contributed by atoms with van der Waals surface area (Å²) in [5.74, 6) is -1.16. The second-order valence-corrected chi connectivity index (χ2v) is 3.17. The van der Waals surface area contributed by atoms with Crippen LogP contribution in [0.2, 0.25) is 0 Å². The van der Waals surface area contributed by atoms with Crippen LogP contribution in [0.15, 0.2) is 10.9 Å². The van der Waals surface area contributed by atoms with E-state index < -0.39 is 18.6 Å². The fraction of sp³-hybridized carbons (Fsp3) is 0.286. The summed E-state index contributed by atoms with van der Waals surface area (Å²) in [6.07, 6.45) is 0. The van der Waals surface area contributed by atoms with Crippen LogP contribution in [0.4, 0.5) is 4.79 Å². The maximum atomic E-state index is 11.0. The number of thiazole rings is 1. The lowest BCUT2D eigenvalue weighted by molar-refractivity contribution is -0.144. The van der Waals surface area contributed by atoms with Crippen molar-refractivity contribution in [2.24, 2.45) is 0 Å². The van der Waals surface area contributed by atoms with Gasteiger partial charge in [-0.25, -0.2) is 20.1 Å². The van der Waals surface area contributed by atoms with Crippen LogP contribution in [-0.2, 0) is 16.2 Å². The third-order valence-electron chi connectivity index (χ3n) is 1.27. The highest BCUT2D eigenvalue weighted by Gasteiger charge is 2.02. The van der Waals surface area contributed by atoms with Gasteiger partial charge in [-0.15, -0.1) is 11.3 Å². The maximum absolute atomic E-state index is 11.0. The monoisotopic (exact) mass is 231 g/mol. The minimum absolute atomic E-state index is 0.270. The second-order valence-electron chi connectivity index (χ2n) is 2.45. The van der Waals surface area contributed by atoms with Crippen molar-refractivity contribution in [3.05, 3.63) is 16.6 Å². The number of hydrogen-bond donors (Lipinski definition) is 3.